The van der Waals surface area contributed by atoms with Crippen molar-refractivity contribution in [2.24, 2.45) is 7.05 Å². The second kappa shape index (κ2) is 8.94. The number of methoxy groups -OCH3 is 1. The largest absolute Gasteiger partial charge is 0.497 e. The molecule has 0 saturated carbocycles. The number of fused-ring (bicyclic) bond motifs is 1. The van der Waals surface area contributed by atoms with Crippen molar-refractivity contribution in [2.75, 3.05) is 18.6 Å². The molecular formula is C28H24N6O3. The molecule has 0 atom stereocenters. The monoisotopic (exact) mass is 492 g/mol. The van der Waals surface area contributed by atoms with E-state index < -0.39 is 0 Å². The predicted molar refractivity (Wildman–Crippen MR) is 140 cm³/mol. The molecular weight excluding hydrogens is 468 g/mol. The topological polar surface area (TPSA) is 87.2 Å². The number of hydrogen-bond donors (Lipinski definition) is 0. The van der Waals surface area contributed by atoms with E-state index in [0.717, 1.165) is 28.4 Å². The average Bonchev–Trinajstić information content (AvgIpc) is 3.53. The van der Waals surface area contributed by atoms with Crippen molar-refractivity contribution in [3.05, 3.63) is 107 Å². The molecule has 0 spiro atoms. The van der Waals surface area contributed by atoms with Gasteiger partial charge in [0.05, 0.1) is 12.8 Å². The molecule has 2 aromatic carbocycles. The van der Waals surface area contributed by atoms with Gasteiger partial charge in [-0.3, -0.25) is 14.2 Å². The number of rotatable bonds is 5. The Bertz CT molecular complexity index is 1660. The number of carbonyl (C=O) groups excluding carboxylic acids is 1. The van der Waals surface area contributed by atoms with E-state index in [1.165, 1.54) is 6.07 Å². The zero-order valence-electron chi connectivity index (χ0n) is 20.4. The molecule has 4 heterocycles. The minimum atomic E-state index is -0.144. The highest BCUT2D eigenvalue weighted by Gasteiger charge is 2.34. The third-order valence-corrected chi connectivity index (χ3v) is 6.63. The lowest BCUT2D eigenvalue weighted by molar-refractivity contribution is 0.0973. The highest BCUT2D eigenvalue weighted by Crippen LogP contribution is 2.33. The minimum Gasteiger partial charge on any atom is -0.497 e. The zero-order chi connectivity index (χ0) is 25.5. The Morgan fingerprint density at radius 3 is 2.27 bits per heavy atom. The molecule has 1 aliphatic rings. The van der Waals surface area contributed by atoms with Crippen LogP contribution in [-0.2, 0) is 13.5 Å². The van der Waals surface area contributed by atoms with Gasteiger partial charge in [-0.1, -0.05) is 6.07 Å². The van der Waals surface area contributed by atoms with Crippen LogP contribution in [0.2, 0.25) is 0 Å². The van der Waals surface area contributed by atoms with Gasteiger partial charge in [0, 0.05) is 55.2 Å². The van der Waals surface area contributed by atoms with Crippen LogP contribution in [0.4, 0.5) is 5.69 Å². The number of aryl methyl sites for hydroxylation is 1. The summed E-state index contributed by atoms with van der Waals surface area (Å²) in [4.78, 5) is 32.4. The van der Waals surface area contributed by atoms with Gasteiger partial charge in [0.2, 0.25) is 0 Å². The SMILES string of the molecule is COc1ccc(-n2nc(-c3nccn3C)c3c2C(=O)N(c2ccc(-n4ccccc4=O)cc2)CC3)cc1. The van der Waals surface area contributed by atoms with Crippen LogP contribution in [0.5, 0.6) is 5.75 Å². The summed E-state index contributed by atoms with van der Waals surface area (Å²) in [5.41, 5.74) is 4.22. The Kier molecular flexibility index (Phi) is 5.45. The molecule has 6 rings (SSSR count). The van der Waals surface area contributed by atoms with Crippen LogP contribution in [0.1, 0.15) is 16.1 Å². The van der Waals surface area contributed by atoms with Crippen molar-refractivity contribution >= 4 is 11.6 Å². The minimum absolute atomic E-state index is 0.112. The Morgan fingerprint density at radius 2 is 1.59 bits per heavy atom. The number of hydrogen-bond acceptors (Lipinski definition) is 5. The molecule has 0 fully saturated rings. The van der Waals surface area contributed by atoms with E-state index >= 15 is 0 Å². The van der Waals surface area contributed by atoms with Gasteiger partial charge in [-0.15, -0.1) is 0 Å². The molecule has 5 aromatic rings. The van der Waals surface area contributed by atoms with E-state index in [9.17, 15) is 9.59 Å². The summed E-state index contributed by atoms with van der Waals surface area (Å²) in [6, 6.07) is 19.9. The van der Waals surface area contributed by atoms with Gasteiger partial charge in [-0.25, -0.2) is 9.67 Å². The van der Waals surface area contributed by atoms with Gasteiger partial charge >= 0.3 is 0 Å². The van der Waals surface area contributed by atoms with Gasteiger partial charge in [0.1, 0.15) is 17.1 Å². The molecule has 37 heavy (non-hydrogen) atoms. The van der Waals surface area contributed by atoms with Crippen molar-refractivity contribution in [3.8, 4) is 28.6 Å². The molecule has 0 bridgehead atoms. The lowest BCUT2D eigenvalue weighted by Crippen LogP contribution is -2.38. The molecule has 0 radical (unpaired) electrons. The number of carbonyl (C=O) groups is 1. The van der Waals surface area contributed by atoms with E-state index in [4.69, 9.17) is 9.84 Å². The van der Waals surface area contributed by atoms with Crippen LogP contribution < -0.4 is 15.2 Å². The second-order valence-electron chi connectivity index (χ2n) is 8.78. The summed E-state index contributed by atoms with van der Waals surface area (Å²) < 4.78 is 10.5. The van der Waals surface area contributed by atoms with Gasteiger partial charge in [-0.2, -0.15) is 5.10 Å². The zero-order valence-corrected chi connectivity index (χ0v) is 20.4. The van der Waals surface area contributed by atoms with Crippen molar-refractivity contribution in [3.63, 3.8) is 0 Å². The molecule has 0 unspecified atom stereocenters. The van der Waals surface area contributed by atoms with Crippen molar-refractivity contribution in [2.45, 2.75) is 6.42 Å². The van der Waals surface area contributed by atoms with Crippen LogP contribution in [0, 0.1) is 0 Å². The van der Waals surface area contributed by atoms with Crippen LogP contribution in [-0.4, -0.2) is 43.5 Å². The first kappa shape index (κ1) is 22.5. The van der Waals surface area contributed by atoms with E-state index in [1.807, 2.05) is 72.4 Å². The summed E-state index contributed by atoms with van der Waals surface area (Å²) >= 11 is 0. The first-order valence-corrected chi connectivity index (χ1v) is 11.9. The van der Waals surface area contributed by atoms with Gasteiger partial charge < -0.3 is 14.2 Å². The Balaban J connectivity index is 1.42. The third-order valence-electron chi connectivity index (χ3n) is 6.63. The fourth-order valence-electron chi connectivity index (χ4n) is 4.72. The highest BCUT2D eigenvalue weighted by atomic mass is 16.5. The first-order valence-electron chi connectivity index (χ1n) is 11.9. The lowest BCUT2D eigenvalue weighted by atomic mass is 10.0. The number of benzene rings is 2. The number of nitrogens with zero attached hydrogens (tertiary/aromatic N) is 6. The van der Waals surface area contributed by atoms with Crippen molar-refractivity contribution in [1.82, 2.24) is 23.9 Å². The summed E-state index contributed by atoms with van der Waals surface area (Å²) in [5.74, 6) is 1.29. The molecule has 9 nitrogen and oxygen atoms in total. The summed E-state index contributed by atoms with van der Waals surface area (Å²) in [6.45, 7) is 0.502. The van der Waals surface area contributed by atoms with Crippen LogP contribution in [0.25, 0.3) is 22.9 Å². The Labute approximate surface area is 212 Å². The number of imidazole rings is 1. The van der Waals surface area contributed by atoms with Crippen molar-refractivity contribution in [1.29, 1.82) is 0 Å². The number of pyridine rings is 1. The van der Waals surface area contributed by atoms with Gasteiger partial charge in [0.15, 0.2) is 5.82 Å². The normalized spacial score (nSPS) is 13.0. The molecule has 0 N–H and O–H groups in total. The van der Waals surface area contributed by atoms with Gasteiger partial charge in [-0.05, 0) is 61.0 Å². The summed E-state index contributed by atoms with van der Waals surface area (Å²) in [6.07, 6.45) is 5.94. The molecule has 0 saturated heterocycles. The Hall–Kier alpha value is -4.92. The number of amides is 1. The quantitative estimate of drug-likeness (QED) is 0.374. The molecule has 3 aromatic heterocycles. The highest BCUT2D eigenvalue weighted by molar-refractivity contribution is 6.08. The van der Waals surface area contributed by atoms with Crippen molar-refractivity contribution < 1.29 is 9.53 Å². The second-order valence-corrected chi connectivity index (χ2v) is 8.78. The van der Waals surface area contributed by atoms with E-state index in [2.05, 4.69) is 4.98 Å². The first-order chi connectivity index (χ1) is 18.0. The molecule has 184 valence electrons. The predicted octanol–water partition coefficient (Wildman–Crippen LogP) is 3.64. The van der Waals surface area contributed by atoms with E-state index in [-0.39, 0.29) is 11.5 Å². The average molecular weight is 493 g/mol. The van der Waals surface area contributed by atoms with E-state index in [0.29, 0.717) is 30.2 Å². The van der Waals surface area contributed by atoms with Crippen LogP contribution >= 0.6 is 0 Å². The maximum atomic E-state index is 14.0. The smallest absolute Gasteiger partial charge is 0.277 e. The number of aromatic nitrogens is 5. The lowest BCUT2D eigenvalue weighted by Gasteiger charge is -2.28. The third kappa shape index (κ3) is 3.81. The standard InChI is InChI=1S/C28H24N6O3/c1-31-18-15-29-27(31)25-23-14-17-33(20-8-6-19(7-9-20)32-16-4-3-5-24(32)35)28(36)26(23)34(30-25)21-10-12-22(37-2)13-11-21/h3-13,15-16,18H,14,17H2,1-2H3. The van der Waals surface area contributed by atoms with E-state index in [1.54, 1.807) is 39.7 Å². The summed E-state index contributed by atoms with van der Waals surface area (Å²) in [7, 11) is 3.53. The molecule has 1 amide bonds. The maximum Gasteiger partial charge on any atom is 0.277 e. The Morgan fingerprint density at radius 1 is 0.865 bits per heavy atom. The fourth-order valence-corrected chi connectivity index (χ4v) is 4.72. The van der Waals surface area contributed by atoms with Crippen LogP contribution in [0.3, 0.4) is 0 Å². The van der Waals surface area contributed by atoms with Crippen LogP contribution in [0.15, 0.2) is 90.1 Å². The molecule has 9 heteroatoms. The molecule has 0 aliphatic carbocycles. The maximum absolute atomic E-state index is 14.0. The number of ether oxygens (including phenoxy) is 1. The fraction of sp³-hybridized carbons (Fsp3) is 0.143. The summed E-state index contributed by atoms with van der Waals surface area (Å²) in [5, 5.41) is 4.87. The van der Waals surface area contributed by atoms with Gasteiger partial charge in [0.25, 0.3) is 11.5 Å². The molecule has 1 aliphatic heterocycles. The number of anilines is 1.